The minimum absolute atomic E-state index is 0.0433. The third-order valence-electron chi connectivity index (χ3n) is 4.25. The molecule has 0 radical (unpaired) electrons. The van der Waals surface area contributed by atoms with Crippen LogP contribution in [-0.4, -0.2) is 21.6 Å². The summed E-state index contributed by atoms with van der Waals surface area (Å²) in [6, 6.07) is 5.46. The van der Waals surface area contributed by atoms with Gasteiger partial charge in [0.25, 0.3) is 0 Å². The fourth-order valence-electron chi connectivity index (χ4n) is 2.86. The van der Waals surface area contributed by atoms with Crippen molar-refractivity contribution in [2.75, 3.05) is 7.11 Å². The van der Waals surface area contributed by atoms with Crippen molar-refractivity contribution in [3.63, 3.8) is 0 Å². The van der Waals surface area contributed by atoms with Crippen LogP contribution in [0.15, 0.2) is 23.1 Å². The molecule has 1 fully saturated rings. The molecule has 0 bridgehead atoms. The zero-order chi connectivity index (χ0) is 16.4. The number of benzene rings is 1. The second-order valence-electron chi connectivity index (χ2n) is 7.07. The van der Waals surface area contributed by atoms with Gasteiger partial charge in [0, 0.05) is 6.04 Å². The minimum atomic E-state index is -3.56. The van der Waals surface area contributed by atoms with Gasteiger partial charge in [0.05, 0.1) is 7.11 Å². The predicted molar refractivity (Wildman–Crippen MR) is 88.9 cm³/mol. The highest BCUT2D eigenvalue weighted by Crippen LogP contribution is 2.31. The summed E-state index contributed by atoms with van der Waals surface area (Å²) in [6.07, 6.45) is 5.21. The lowest BCUT2D eigenvalue weighted by Gasteiger charge is -2.24. The molecule has 0 unspecified atom stereocenters. The Labute approximate surface area is 134 Å². The van der Waals surface area contributed by atoms with Crippen molar-refractivity contribution in [1.82, 2.24) is 4.72 Å². The lowest BCUT2D eigenvalue weighted by molar-refractivity contribution is 0.396. The maximum absolute atomic E-state index is 12.8. The van der Waals surface area contributed by atoms with Crippen LogP contribution in [0.25, 0.3) is 0 Å². The van der Waals surface area contributed by atoms with E-state index in [4.69, 9.17) is 4.74 Å². The highest BCUT2D eigenvalue weighted by Gasteiger charge is 2.26. The minimum Gasteiger partial charge on any atom is -0.495 e. The molecule has 1 aromatic rings. The summed E-state index contributed by atoms with van der Waals surface area (Å²) in [4.78, 5) is 0.244. The molecule has 0 saturated heterocycles. The van der Waals surface area contributed by atoms with Crippen molar-refractivity contribution >= 4 is 10.0 Å². The van der Waals surface area contributed by atoms with Gasteiger partial charge in [-0.3, -0.25) is 0 Å². The predicted octanol–water partition coefficient (Wildman–Crippen LogP) is 3.60. The average Bonchev–Trinajstić information content (AvgIpc) is 2.46. The first-order valence-electron chi connectivity index (χ1n) is 7.95. The lowest BCUT2D eigenvalue weighted by Crippen LogP contribution is -2.36. The molecule has 124 valence electrons. The van der Waals surface area contributed by atoms with Crippen LogP contribution in [0.3, 0.4) is 0 Å². The van der Waals surface area contributed by atoms with Crippen LogP contribution < -0.4 is 9.46 Å². The Bertz CT molecular complexity index is 611. The van der Waals surface area contributed by atoms with Crippen molar-refractivity contribution in [2.24, 2.45) is 0 Å². The summed E-state index contributed by atoms with van der Waals surface area (Å²) in [5.74, 6) is 0.399. The van der Waals surface area contributed by atoms with Crippen LogP contribution in [0.5, 0.6) is 5.75 Å². The standard InChI is InChI=1S/C17H27NO3S/c1-17(2,3)13-10-11-15(21-4)16(12-13)22(19,20)18-14-8-6-5-7-9-14/h10-12,14,18H,5-9H2,1-4H3. The summed E-state index contributed by atoms with van der Waals surface area (Å²) >= 11 is 0. The number of hydrogen-bond donors (Lipinski definition) is 1. The first-order chi connectivity index (χ1) is 10.2. The number of methoxy groups -OCH3 is 1. The molecule has 1 N–H and O–H groups in total. The smallest absolute Gasteiger partial charge is 0.244 e. The van der Waals surface area contributed by atoms with Crippen LogP contribution in [-0.2, 0) is 15.4 Å². The summed E-state index contributed by atoms with van der Waals surface area (Å²) in [6.45, 7) is 6.21. The summed E-state index contributed by atoms with van der Waals surface area (Å²) in [7, 11) is -2.05. The Balaban J connectivity index is 2.35. The van der Waals surface area contributed by atoms with E-state index in [2.05, 4.69) is 25.5 Å². The second-order valence-corrected chi connectivity index (χ2v) is 8.75. The molecule has 0 amide bonds. The van der Waals surface area contributed by atoms with E-state index >= 15 is 0 Å². The first-order valence-corrected chi connectivity index (χ1v) is 9.43. The van der Waals surface area contributed by atoms with Crippen molar-refractivity contribution in [3.05, 3.63) is 23.8 Å². The van der Waals surface area contributed by atoms with E-state index in [1.54, 1.807) is 12.1 Å². The van der Waals surface area contributed by atoms with Gasteiger partial charge in [0.2, 0.25) is 10.0 Å². The van der Waals surface area contributed by atoms with Crippen molar-refractivity contribution < 1.29 is 13.2 Å². The lowest BCUT2D eigenvalue weighted by atomic mass is 9.87. The molecule has 5 heteroatoms. The van der Waals surface area contributed by atoms with Gasteiger partial charge >= 0.3 is 0 Å². The van der Waals surface area contributed by atoms with E-state index in [0.29, 0.717) is 5.75 Å². The fraction of sp³-hybridized carbons (Fsp3) is 0.647. The molecule has 0 spiro atoms. The van der Waals surface area contributed by atoms with E-state index in [-0.39, 0.29) is 16.4 Å². The Hall–Kier alpha value is -1.07. The molecule has 4 nitrogen and oxygen atoms in total. The topological polar surface area (TPSA) is 55.4 Å². The number of nitrogens with one attached hydrogen (secondary N) is 1. The summed E-state index contributed by atoms with van der Waals surface area (Å²) in [5, 5.41) is 0. The van der Waals surface area contributed by atoms with Gasteiger partial charge in [-0.2, -0.15) is 0 Å². The van der Waals surface area contributed by atoms with E-state index in [1.165, 1.54) is 13.5 Å². The van der Waals surface area contributed by atoms with Gasteiger partial charge in [-0.1, -0.05) is 46.1 Å². The van der Waals surface area contributed by atoms with E-state index in [9.17, 15) is 8.42 Å². The fourth-order valence-corrected chi connectivity index (χ4v) is 4.36. The Kier molecular flexibility index (Phi) is 5.17. The maximum atomic E-state index is 12.8. The molecule has 1 aliphatic rings. The van der Waals surface area contributed by atoms with Gasteiger partial charge in [0.15, 0.2) is 0 Å². The van der Waals surface area contributed by atoms with Gasteiger partial charge in [-0.05, 0) is 36.0 Å². The largest absolute Gasteiger partial charge is 0.495 e. The molecular formula is C17H27NO3S. The van der Waals surface area contributed by atoms with Gasteiger partial charge < -0.3 is 4.74 Å². The van der Waals surface area contributed by atoms with Crippen LogP contribution in [0.1, 0.15) is 58.4 Å². The Morgan fingerprint density at radius 2 is 1.77 bits per heavy atom. The van der Waals surface area contributed by atoms with Gasteiger partial charge in [-0.15, -0.1) is 0 Å². The second kappa shape index (κ2) is 6.59. The average molecular weight is 325 g/mol. The van der Waals surface area contributed by atoms with Gasteiger partial charge in [-0.25, -0.2) is 13.1 Å². The molecule has 0 aromatic heterocycles. The SMILES string of the molecule is COc1ccc(C(C)(C)C)cc1S(=O)(=O)NC1CCCCC1. The van der Waals surface area contributed by atoms with Crippen LogP contribution in [0.4, 0.5) is 0 Å². The van der Waals surface area contributed by atoms with Crippen LogP contribution in [0, 0.1) is 0 Å². The third-order valence-corrected chi connectivity index (χ3v) is 5.79. The molecule has 2 rings (SSSR count). The number of hydrogen-bond acceptors (Lipinski definition) is 3. The van der Waals surface area contributed by atoms with Crippen molar-refractivity contribution in [3.8, 4) is 5.75 Å². The van der Waals surface area contributed by atoms with Crippen LogP contribution >= 0.6 is 0 Å². The normalized spacial score (nSPS) is 17.5. The quantitative estimate of drug-likeness (QED) is 0.920. The Morgan fingerprint density at radius 1 is 1.14 bits per heavy atom. The highest BCUT2D eigenvalue weighted by molar-refractivity contribution is 7.89. The number of ether oxygens (including phenoxy) is 1. The molecule has 0 heterocycles. The van der Waals surface area contributed by atoms with E-state index in [1.807, 2.05) is 6.07 Å². The molecule has 1 aliphatic carbocycles. The van der Waals surface area contributed by atoms with Crippen molar-refractivity contribution in [1.29, 1.82) is 0 Å². The molecule has 1 saturated carbocycles. The molecule has 0 aliphatic heterocycles. The van der Waals surface area contributed by atoms with E-state index in [0.717, 1.165) is 31.2 Å². The molecular weight excluding hydrogens is 298 g/mol. The number of rotatable bonds is 4. The monoisotopic (exact) mass is 325 g/mol. The Morgan fingerprint density at radius 3 is 2.32 bits per heavy atom. The first kappa shape index (κ1) is 17.3. The zero-order valence-electron chi connectivity index (χ0n) is 14.0. The van der Waals surface area contributed by atoms with Crippen molar-refractivity contribution in [2.45, 2.75) is 69.2 Å². The highest BCUT2D eigenvalue weighted by atomic mass is 32.2. The summed E-state index contributed by atoms with van der Waals surface area (Å²) in [5.41, 5.74) is 0.874. The molecule has 0 atom stereocenters. The zero-order valence-corrected chi connectivity index (χ0v) is 14.8. The molecule has 22 heavy (non-hydrogen) atoms. The summed E-state index contributed by atoms with van der Waals surface area (Å²) < 4.78 is 33.7. The maximum Gasteiger partial charge on any atom is 0.244 e. The van der Waals surface area contributed by atoms with E-state index < -0.39 is 10.0 Å². The molecule has 1 aromatic carbocycles. The van der Waals surface area contributed by atoms with Crippen LogP contribution in [0.2, 0.25) is 0 Å². The third kappa shape index (κ3) is 4.02. The number of sulfonamides is 1. The van der Waals surface area contributed by atoms with Gasteiger partial charge in [0.1, 0.15) is 10.6 Å².